The molecule has 0 saturated carbocycles. The SMILES string of the molecule is CCN1CCN(C(=O)CCc2ccccc2)CC1c1nccn1C. The molecular weight excluding hydrogens is 300 g/mol. The summed E-state index contributed by atoms with van der Waals surface area (Å²) in [7, 11) is 2.02. The molecule has 1 atom stereocenters. The maximum Gasteiger partial charge on any atom is 0.223 e. The van der Waals surface area contributed by atoms with Crippen LogP contribution in [0.1, 0.15) is 30.8 Å². The lowest BCUT2D eigenvalue weighted by atomic mass is 10.1. The summed E-state index contributed by atoms with van der Waals surface area (Å²) in [6.07, 6.45) is 5.18. The van der Waals surface area contributed by atoms with Gasteiger partial charge in [-0.3, -0.25) is 9.69 Å². The number of carbonyl (C=O) groups excluding carboxylic acids is 1. The molecule has 1 aliphatic rings. The van der Waals surface area contributed by atoms with Gasteiger partial charge in [0, 0.05) is 45.5 Å². The van der Waals surface area contributed by atoms with E-state index in [1.54, 1.807) is 0 Å². The van der Waals surface area contributed by atoms with E-state index in [1.807, 2.05) is 42.5 Å². The van der Waals surface area contributed by atoms with Crippen LogP contribution in [0, 0.1) is 0 Å². The summed E-state index contributed by atoms with van der Waals surface area (Å²) >= 11 is 0. The van der Waals surface area contributed by atoms with E-state index in [0.717, 1.165) is 38.4 Å². The van der Waals surface area contributed by atoms with E-state index in [4.69, 9.17) is 0 Å². The fourth-order valence-electron chi connectivity index (χ4n) is 3.42. The zero-order valence-electron chi connectivity index (χ0n) is 14.6. The second-order valence-corrected chi connectivity index (χ2v) is 6.37. The second-order valence-electron chi connectivity index (χ2n) is 6.37. The number of carbonyl (C=O) groups is 1. The Morgan fingerprint density at radius 1 is 1.25 bits per heavy atom. The summed E-state index contributed by atoms with van der Waals surface area (Å²) in [4.78, 5) is 21.6. The molecule has 1 fully saturated rings. The molecular formula is C19H26N4O. The van der Waals surface area contributed by atoms with Crippen molar-refractivity contribution in [2.45, 2.75) is 25.8 Å². The summed E-state index contributed by atoms with van der Waals surface area (Å²) in [5, 5.41) is 0. The number of likely N-dealkylation sites (N-methyl/N-ethyl adjacent to an activating group) is 1. The highest BCUT2D eigenvalue weighted by Crippen LogP contribution is 2.24. The van der Waals surface area contributed by atoms with E-state index in [9.17, 15) is 4.79 Å². The number of hydrogen-bond donors (Lipinski definition) is 0. The van der Waals surface area contributed by atoms with Crippen LogP contribution in [0.2, 0.25) is 0 Å². The number of rotatable bonds is 5. The van der Waals surface area contributed by atoms with E-state index < -0.39 is 0 Å². The van der Waals surface area contributed by atoms with Gasteiger partial charge in [0.05, 0.1) is 6.04 Å². The summed E-state index contributed by atoms with van der Waals surface area (Å²) in [5.74, 6) is 1.28. The number of amides is 1. The van der Waals surface area contributed by atoms with Gasteiger partial charge in [0.15, 0.2) is 0 Å². The first kappa shape index (κ1) is 16.7. The first-order chi connectivity index (χ1) is 11.7. The van der Waals surface area contributed by atoms with Crippen molar-refractivity contribution in [3.8, 4) is 0 Å². The molecule has 1 unspecified atom stereocenters. The number of aryl methyl sites for hydroxylation is 2. The quantitative estimate of drug-likeness (QED) is 0.846. The Bertz CT molecular complexity index is 667. The van der Waals surface area contributed by atoms with Crippen LogP contribution in [-0.2, 0) is 18.3 Å². The van der Waals surface area contributed by atoms with Gasteiger partial charge < -0.3 is 9.47 Å². The number of aromatic nitrogens is 2. The molecule has 0 bridgehead atoms. The van der Waals surface area contributed by atoms with Crippen LogP contribution >= 0.6 is 0 Å². The molecule has 2 aromatic rings. The molecule has 1 aromatic heterocycles. The Morgan fingerprint density at radius 2 is 2.04 bits per heavy atom. The molecule has 3 rings (SSSR count). The molecule has 24 heavy (non-hydrogen) atoms. The first-order valence-electron chi connectivity index (χ1n) is 8.72. The molecule has 2 heterocycles. The topological polar surface area (TPSA) is 41.4 Å². The molecule has 5 nitrogen and oxygen atoms in total. The lowest BCUT2D eigenvalue weighted by Gasteiger charge is -2.40. The van der Waals surface area contributed by atoms with Crippen LogP contribution in [-0.4, -0.2) is 51.4 Å². The van der Waals surface area contributed by atoms with E-state index >= 15 is 0 Å². The molecule has 0 radical (unpaired) electrons. The normalized spacial score (nSPS) is 18.8. The van der Waals surface area contributed by atoms with Gasteiger partial charge in [-0.15, -0.1) is 0 Å². The summed E-state index contributed by atoms with van der Waals surface area (Å²) in [5.41, 5.74) is 1.22. The standard InChI is InChI=1S/C19H26N4O/c1-3-22-13-14-23(15-17(22)19-20-11-12-21(19)2)18(24)10-9-16-7-5-4-6-8-16/h4-8,11-12,17H,3,9-10,13-15H2,1-2H3. The molecule has 0 N–H and O–H groups in total. The fourth-order valence-corrected chi connectivity index (χ4v) is 3.42. The van der Waals surface area contributed by atoms with Gasteiger partial charge in [-0.05, 0) is 18.5 Å². The predicted molar refractivity (Wildman–Crippen MR) is 94.5 cm³/mol. The third-order valence-electron chi connectivity index (χ3n) is 4.88. The third kappa shape index (κ3) is 3.67. The smallest absolute Gasteiger partial charge is 0.223 e. The van der Waals surface area contributed by atoms with Gasteiger partial charge in [0.1, 0.15) is 5.82 Å². The fraction of sp³-hybridized carbons (Fsp3) is 0.474. The van der Waals surface area contributed by atoms with Crippen molar-refractivity contribution < 1.29 is 4.79 Å². The monoisotopic (exact) mass is 326 g/mol. The predicted octanol–water partition coefficient (Wildman–Crippen LogP) is 2.26. The van der Waals surface area contributed by atoms with Crippen molar-refractivity contribution in [3.63, 3.8) is 0 Å². The maximum atomic E-state index is 12.6. The molecule has 1 amide bonds. The van der Waals surface area contributed by atoms with Crippen molar-refractivity contribution in [1.29, 1.82) is 0 Å². The van der Waals surface area contributed by atoms with Crippen LogP contribution in [0.25, 0.3) is 0 Å². The van der Waals surface area contributed by atoms with E-state index in [1.165, 1.54) is 5.56 Å². The van der Waals surface area contributed by atoms with Gasteiger partial charge in [-0.2, -0.15) is 0 Å². The minimum Gasteiger partial charge on any atom is -0.339 e. The Kier molecular flexibility index (Phi) is 5.30. The van der Waals surface area contributed by atoms with E-state index in [2.05, 4.69) is 33.5 Å². The van der Waals surface area contributed by atoms with Gasteiger partial charge in [-0.25, -0.2) is 4.98 Å². The van der Waals surface area contributed by atoms with Gasteiger partial charge in [0.2, 0.25) is 5.91 Å². The minimum absolute atomic E-state index is 0.185. The zero-order chi connectivity index (χ0) is 16.9. The van der Waals surface area contributed by atoms with Crippen LogP contribution < -0.4 is 0 Å². The van der Waals surface area contributed by atoms with Gasteiger partial charge >= 0.3 is 0 Å². The number of nitrogens with zero attached hydrogens (tertiary/aromatic N) is 4. The Labute approximate surface area is 143 Å². The molecule has 1 aromatic carbocycles. The third-order valence-corrected chi connectivity index (χ3v) is 4.88. The molecule has 1 aliphatic heterocycles. The molecule has 5 heteroatoms. The van der Waals surface area contributed by atoms with E-state index in [0.29, 0.717) is 6.42 Å². The Balaban J connectivity index is 1.64. The highest BCUT2D eigenvalue weighted by atomic mass is 16.2. The Morgan fingerprint density at radius 3 is 2.71 bits per heavy atom. The molecule has 128 valence electrons. The van der Waals surface area contributed by atoms with Crippen molar-refractivity contribution in [3.05, 3.63) is 54.1 Å². The lowest BCUT2D eigenvalue weighted by molar-refractivity contribution is -0.134. The van der Waals surface area contributed by atoms with Crippen LogP contribution in [0.5, 0.6) is 0 Å². The lowest BCUT2D eigenvalue weighted by Crippen LogP contribution is -2.51. The van der Waals surface area contributed by atoms with Crippen molar-refractivity contribution >= 4 is 5.91 Å². The first-order valence-corrected chi connectivity index (χ1v) is 8.72. The highest BCUT2D eigenvalue weighted by Gasteiger charge is 2.31. The van der Waals surface area contributed by atoms with Crippen molar-refractivity contribution in [2.75, 3.05) is 26.2 Å². The van der Waals surface area contributed by atoms with Crippen LogP contribution in [0.4, 0.5) is 0 Å². The second kappa shape index (κ2) is 7.62. The molecule has 1 saturated heterocycles. The summed E-state index contributed by atoms with van der Waals surface area (Å²) in [6, 6.07) is 10.4. The molecule has 0 spiro atoms. The van der Waals surface area contributed by atoms with Crippen LogP contribution in [0.3, 0.4) is 0 Å². The summed E-state index contributed by atoms with van der Waals surface area (Å²) < 4.78 is 2.06. The van der Waals surface area contributed by atoms with Crippen molar-refractivity contribution in [2.24, 2.45) is 7.05 Å². The van der Waals surface area contributed by atoms with Crippen molar-refractivity contribution in [1.82, 2.24) is 19.4 Å². The maximum absolute atomic E-state index is 12.6. The molecule has 0 aliphatic carbocycles. The minimum atomic E-state index is 0.185. The summed E-state index contributed by atoms with van der Waals surface area (Å²) in [6.45, 7) is 5.59. The average molecular weight is 326 g/mol. The number of benzene rings is 1. The largest absolute Gasteiger partial charge is 0.339 e. The zero-order valence-corrected chi connectivity index (χ0v) is 14.6. The number of imidazole rings is 1. The number of hydrogen-bond acceptors (Lipinski definition) is 3. The van der Waals surface area contributed by atoms with Gasteiger partial charge in [-0.1, -0.05) is 37.3 Å². The average Bonchev–Trinajstić information content (AvgIpc) is 3.05. The van der Waals surface area contributed by atoms with Gasteiger partial charge in [0.25, 0.3) is 0 Å². The Hall–Kier alpha value is -2.14. The van der Waals surface area contributed by atoms with Crippen LogP contribution in [0.15, 0.2) is 42.7 Å². The van der Waals surface area contributed by atoms with E-state index in [-0.39, 0.29) is 11.9 Å². The number of piperazine rings is 1. The highest BCUT2D eigenvalue weighted by molar-refractivity contribution is 5.76.